The van der Waals surface area contributed by atoms with Gasteiger partial charge in [-0.2, -0.15) is 0 Å². The Morgan fingerprint density at radius 1 is 1.33 bits per heavy atom. The fraction of sp³-hybridized carbons (Fsp3) is 0.500. The van der Waals surface area contributed by atoms with Crippen LogP contribution in [0.15, 0.2) is 24.3 Å². The SMILES string of the molecule is O=C(O)CC(NC(=O)C1COc2ccccc2C1)C1CC1. The minimum atomic E-state index is -0.863. The summed E-state index contributed by atoms with van der Waals surface area (Å²) in [4.78, 5) is 23.2. The molecule has 2 N–H and O–H groups in total. The lowest BCUT2D eigenvalue weighted by Crippen LogP contribution is -2.44. The second-order valence-electron chi connectivity index (χ2n) is 5.87. The Morgan fingerprint density at radius 2 is 2.10 bits per heavy atom. The van der Waals surface area contributed by atoms with Crippen molar-refractivity contribution in [2.24, 2.45) is 11.8 Å². The van der Waals surface area contributed by atoms with Gasteiger partial charge < -0.3 is 15.2 Å². The van der Waals surface area contributed by atoms with Crippen molar-refractivity contribution < 1.29 is 19.4 Å². The number of fused-ring (bicyclic) bond motifs is 1. The summed E-state index contributed by atoms with van der Waals surface area (Å²) in [5, 5.41) is 11.8. The Balaban J connectivity index is 1.62. The number of hydrogen-bond donors (Lipinski definition) is 2. The molecule has 0 saturated heterocycles. The number of carbonyl (C=O) groups is 2. The largest absolute Gasteiger partial charge is 0.492 e. The molecule has 1 fully saturated rings. The van der Waals surface area contributed by atoms with E-state index in [-0.39, 0.29) is 24.3 Å². The maximum absolute atomic E-state index is 12.3. The van der Waals surface area contributed by atoms with E-state index in [1.54, 1.807) is 0 Å². The molecule has 5 heteroatoms. The van der Waals surface area contributed by atoms with E-state index in [0.29, 0.717) is 18.9 Å². The molecular formula is C16H19NO4. The molecular weight excluding hydrogens is 270 g/mol. The van der Waals surface area contributed by atoms with Crippen LogP contribution in [-0.4, -0.2) is 29.6 Å². The van der Waals surface area contributed by atoms with E-state index >= 15 is 0 Å². The van der Waals surface area contributed by atoms with Gasteiger partial charge in [0.1, 0.15) is 12.4 Å². The molecule has 0 spiro atoms. The van der Waals surface area contributed by atoms with E-state index < -0.39 is 5.97 Å². The third-order valence-electron chi connectivity index (χ3n) is 4.16. The first kappa shape index (κ1) is 13.9. The molecule has 2 unspecified atom stereocenters. The number of carboxylic acids is 1. The first-order valence-corrected chi connectivity index (χ1v) is 7.36. The molecule has 1 aromatic rings. The normalized spacial score (nSPS) is 21.8. The predicted molar refractivity (Wildman–Crippen MR) is 76.0 cm³/mol. The number of benzene rings is 1. The highest BCUT2D eigenvalue weighted by molar-refractivity contribution is 5.80. The number of carbonyl (C=O) groups excluding carboxylic acids is 1. The van der Waals surface area contributed by atoms with Crippen LogP contribution in [0.5, 0.6) is 5.75 Å². The number of amides is 1. The minimum absolute atomic E-state index is 0.000566. The molecule has 1 aliphatic heterocycles. The molecule has 3 rings (SSSR count). The van der Waals surface area contributed by atoms with Crippen LogP contribution in [0.3, 0.4) is 0 Å². The number of para-hydroxylation sites is 1. The summed E-state index contributed by atoms with van der Waals surface area (Å²) in [6.45, 7) is 0.354. The molecule has 1 heterocycles. The monoisotopic (exact) mass is 289 g/mol. The third kappa shape index (κ3) is 3.35. The number of rotatable bonds is 5. The molecule has 2 aliphatic rings. The van der Waals surface area contributed by atoms with Crippen LogP contribution >= 0.6 is 0 Å². The van der Waals surface area contributed by atoms with Gasteiger partial charge in [-0.1, -0.05) is 18.2 Å². The second kappa shape index (κ2) is 5.76. The summed E-state index contributed by atoms with van der Waals surface area (Å²) in [6.07, 6.45) is 2.65. The molecule has 0 radical (unpaired) electrons. The average molecular weight is 289 g/mol. The minimum Gasteiger partial charge on any atom is -0.492 e. The van der Waals surface area contributed by atoms with Crippen molar-refractivity contribution in [1.82, 2.24) is 5.32 Å². The highest BCUT2D eigenvalue weighted by Gasteiger charge is 2.35. The van der Waals surface area contributed by atoms with Crippen molar-refractivity contribution in [3.8, 4) is 5.75 Å². The van der Waals surface area contributed by atoms with Gasteiger partial charge in [-0.05, 0) is 36.8 Å². The number of hydrogen-bond acceptors (Lipinski definition) is 3. The Hall–Kier alpha value is -2.04. The Kier molecular flexibility index (Phi) is 3.82. The zero-order valence-corrected chi connectivity index (χ0v) is 11.7. The lowest BCUT2D eigenvalue weighted by atomic mass is 9.95. The summed E-state index contributed by atoms with van der Waals surface area (Å²) >= 11 is 0. The van der Waals surface area contributed by atoms with Crippen molar-refractivity contribution in [3.63, 3.8) is 0 Å². The highest BCUT2D eigenvalue weighted by atomic mass is 16.5. The number of ether oxygens (including phenoxy) is 1. The van der Waals surface area contributed by atoms with E-state index in [4.69, 9.17) is 9.84 Å². The summed E-state index contributed by atoms with van der Waals surface area (Å²) in [5.74, 6) is -0.0392. The van der Waals surface area contributed by atoms with Crippen LogP contribution in [-0.2, 0) is 16.0 Å². The van der Waals surface area contributed by atoms with Gasteiger partial charge in [0.15, 0.2) is 0 Å². The standard InChI is InChI=1S/C16H19NO4/c18-15(19)8-13(10-5-6-10)17-16(20)12-7-11-3-1-2-4-14(11)21-9-12/h1-4,10,12-13H,5-9H2,(H,17,20)(H,18,19). The number of aliphatic carboxylic acids is 1. The molecule has 1 aliphatic carbocycles. The van der Waals surface area contributed by atoms with Gasteiger partial charge in [0.2, 0.25) is 5.91 Å². The van der Waals surface area contributed by atoms with Crippen LogP contribution in [0, 0.1) is 11.8 Å². The molecule has 5 nitrogen and oxygen atoms in total. The zero-order chi connectivity index (χ0) is 14.8. The maximum atomic E-state index is 12.3. The number of nitrogens with one attached hydrogen (secondary N) is 1. The molecule has 0 bridgehead atoms. The molecule has 112 valence electrons. The van der Waals surface area contributed by atoms with Gasteiger partial charge in [0.25, 0.3) is 0 Å². The van der Waals surface area contributed by atoms with E-state index in [9.17, 15) is 9.59 Å². The van der Waals surface area contributed by atoms with Gasteiger partial charge in [-0.3, -0.25) is 9.59 Å². The van der Waals surface area contributed by atoms with Gasteiger partial charge in [0.05, 0.1) is 12.3 Å². The van der Waals surface area contributed by atoms with E-state index in [2.05, 4.69) is 5.32 Å². The van der Waals surface area contributed by atoms with Crippen molar-refractivity contribution in [1.29, 1.82) is 0 Å². The molecule has 21 heavy (non-hydrogen) atoms. The molecule has 0 aromatic heterocycles. The third-order valence-corrected chi connectivity index (χ3v) is 4.16. The average Bonchev–Trinajstić information content (AvgIpc) is 3.30. The zero-order valence-electron chi connectivity index (χ0n) is 11.7. The first-order valence-electron chi connectivity index (χ1n) is 7.36. The van der Waals surface area contributed by atoms with Crippen LogP contribution < -0.4 is 10.1 Å². The second-order valence-corrected chi connectivity index (χ2v) is 5.87. The first-order chi connectivity index (χ1) is 10.1. The van der Waals surface area contributed by atoms with Gasteiger partial charge in [0, 0.05) is 6.04 Å². The van der Waals surface area contributed by atoms with Gasteiger partial charge in [-0.25, -0.2) is 0 Å². The van der Waals surface area contributed by atoms with Crippen LogP contribution in [0.1, 0.15) is 24.8 Å². The summed E-state index contributed by atoms with van der Waals surface area (Å²) in [6, 6.07) is 7.47. The summed E-state index contributed by atoms with van der Waals surface area (Å²) in [5.41, 5.74) is 1.03. The van der Waals surface area contributed by atoms with Crippen molar-refractivity contribution in [2.45, 2.75) is 31.7 Å². The van der Waals surface area contributed by atoms with Gasteiger partial charge in [-0.15, -0.1) is 0 Å². The quantitative estimate of drug-likeness (QED) is 0.863. The lowest BCUT2D eigenvalue weighted by Gasteiger charge is -2.26. The molecule has 1 amide bonds. The fourth-order valence-electron chi connectivity index (χ4n) is 2.82. The van der Waals surface area contributed by atoms with Crippen LogP contribution in [0.4, 0.5) is 0 Å². The molecule has 1 aromatic carbocycles. The van der Waals surface area contributed by atoms with Crippen LogP contribution in [0.2, 0.25) is 0 Å². The van der Waals surface area contributed by atoms with E-state index in [0.717, 1.165) is 24.2 Å². The Labute approximate surface area is 123 Å². The molecule has 2 atom stereocenters. The topological polar surface area (TPSA) is 75.6 Å². The summed E-state index contributed by atoms with van der Waals surface area (Å²) in [7, 11) is 0. The lowest BCUT2D eigenvalue weighted by molar-refractivity contribution is -0.138. The summed E-state index contributed by atoms with van der Waals surface area (Å²) < 4.78 is 5.62. The van der Waals surface area contributed by atoms with Crippen LogP contribution in [0.25, 0.3) is 0 Å². The smallest absolute Gasteiger partial charge is 0.305 e. The maximum Gasteiger partial charge on any atom is 0.305 e. The predicted octanol–water partition coefficient (Wildman–Crippen LogP) is 1.61. The van der Waals surface area contributed by atoms with Crippen molar-refractivity contribution in [3.05, 3.63) is 29.8 Å². The van der Waals surface area contributed by atoms with Gasteiger partial charge >= 0.3 is 5.97 Å². The highest BCUT2D eigenvalue weighted by Crippen LogP contribution is 2.34. The van der Waals surface area contributed by atoms with E-state index in [1.165, 1.54) is 0 Å². The Bertz CT molecular complexity index is 553. The Morgan fingerprint density at radius 3 is 2.81 bits per heavy atom. The fourth-order valence-corrected chi connectivity index (χ4v) is 2.82. The number of carboxylic acid groups (broad SMARTS) is 1. The van der Waals surface area contributed by atoms with Crippen molar-refractivity contribution >= 4 is 11.9 Å². The van der Waals surface area contributed by atoms with E-state index in [1.807, 2.05) is 24.3 Å². The molecule has 1 saturated carbocycles. The van der Waals surface area contributed by atoms with Crippen molar-refractivity contribution in [2.75, 3.05) is 6.61 Å².